The second kappa shape index (κ2) is 8.79. The Morgan fingerprint density at radius 2 is 1.94 bits per heavy atom. The van der Waals surface area contributed by atoms with Gasteiger partial charge in [0.2, 0.25) is 11.8 Å². The first-order valence-corrected chi connectivity index (χ1v) is 11.5. The largest absolute Gasteiger partial charge is 0.373 e. The van der Waals surface area contributed by atoms with Gasteiger partial charge in [0.05, 0.1) is 35.9 Å². The van der Waals surface area contributed by atoms with E-state index < -0.39 is 11.6 Å². The molecule has 7 nitrogen and oxygen atoms in total. The fraction of sp³-hybridized carbons (Fsp3) is 0.400. The standard InChI is InChI=1S/C25H26F2N4O3/c1-15-5-6-22-21(10-15)28-25(31(22)14-18-13-29(16(2)32)8-9-34-18)24-19(26)11-17(12-20(24)27)30-7-3-4-23(30)33/h5-6,10-12,18H,3-4,7-9,13-14H2,1-2H3/t18-/m1/s1. The van der Waals surface area contributed by atoms with Gasteiger partial charge in [-0.1, -0.05) is 6.07 Å². The van der Waals surface area contributed by atoms with Crippen LogP contribution in [0, 0.1) is 18.6 Å². The van der Waals surface area contributed by atoms with E-state index in [1.165, 1.54) is 24.0 Å². The van der Waals surface area contributed by atoms with Gasteiger partial charge in [0.25, 0.3) is 0 Å². The molecule has 0 spiro atoms. The Kier molecular flexibility index (Phi) is 5.81. The van der Waals surface area contributed by atoms with Crippen LogP contribution in [0.1, 0.15) is 25.3 Å². The minimum Gasteiger partial charge on any atom is -0.373 e. The number of rotatable bonds is 4. The van der Waals surface area contributed by atoms with Crippen LogP contribution >= 0.6 is 0 Å². The molecule has 1 atom stereocenters. The van der Waals surface area contributed by atoms with Crippen molar-refractivity contribution in [3.8, 4) is 11.4 Å². The molecule has 0 N–H and O–H groups in total. The summed E-state index contributed by atoms with van der Waals surface area (Å²) in [6.07, 6.45) is 0.693. The summed E-state index contributed by atoms with van der Waals surface area (Å²) in [6.45, 7) is 5.47. The second-order valence-electron chi connectivity index (χ2n) is 8.93. The molecule has 0 unspecified atom stereocenters. The Balaban J connectivity index is 1.58. The van der Waals surface area contributed by atoms with Crippen LogP contribution < -0.4 is 4.90 Å². The third-order valence-corrected chi connectivity index (χ3v) is 6.51. The van der Waals surface area contributed by atoms with Crippen molar-refractivity contribution in [3.63, 3.8) is 0 Å². The van der Waals surface area contributed by atoms with E-state index in [0.717, 1.165) is 11.1 Å². The lowest BCUT2D eigenvalue weighted by Crippen LogP contribution is -2.46. The minimum atomic E-state index is -0.780. The highest BCUT2D eigenvalue weighted by Crippen LogP contribution is 2.34. The van der Waals surface area contributed by atoms with E-state index in [1.54, 1.807) is 9.47 Å². The number of ether oxygens (including phenoxy) is 1. The number of aryl methyl sites for hydroxylation is 1. The number of anilines is 1. The lowest BCUT2D eigenvalue weighted by atomic mass is 10.1. The first kappa shape index (κ1) is 22.5. The van der Waals surface area contributed by atoms with Gasteiger partial charge in [0.15, 0.2) is 0 Å². The summed E-state index contributed by atoms with van der Waals surface area (Å²) in [5.41, 5.74) is 2.29. The van der Waals surface area contributed by atoms with Gasteiger partial charge in [-0.05, 0) is 43.2 Å². The number of fused-ring (bicyclic) bond motifs is 1. The van der Waals surface area contributed by atoms with Crippen LogP contribution in [-0.4, -0.2) is 58.6 Å². The summed E-state index contributed by atoms with van der Waals surface area (Å²) in [7, 11) is 0. The van der Waals surface area contributed by atoms with Crippen LogP contribution in [0.3, 0.4) is 0 Å². The number of hydrogen-bond donors (Lipinski definition) is 0. The molecule has 178 valence electrons. The number of hydrogen-bond acceptors (Lipinski definition) is 4. The summed E-state index contributed by atoms with van der Waals surface area (Å²) in [6, 6.07) is 8.06. The van der Waals surface area contributed by atoms with Gasteiger partial charge < -0.3 is 19.1 Å². The van der Waals surface area contributed by atoms with Crippen molar-refractivity contribution < 1.29 is 23.1 Å². The molecular formula is C25H26F2N4O3. The molecule has 0 saturated carbocycles. The molecule has 2 saturated heterocycles. The van der Waals surface area contributed by atoms with E-state index in [4.69, 9.17) is 4.74 Å². The molecule has 34 heavy (non-hydrogen) atoms. The molecule has 3 aromatic rings. The summed E-state index contributed by atoms with van der Waals surface area (Å²) >= 11 is 0. The molecule has 2 aliphatic heterocycles. The maximum absolute atomic E-state index is 15.4. The van der Waals surface area contributed by atoms with E-state index in [1.807, 2.05) is 25.1 Å². The highest BCUT2D eigenvalue weighted by molar-refractivity contribution is 5.95. The normalized spacial score (nSPS) is 18.8. The lowest BCUT2D eigenvalue weighted by Gasteiger charge is -2.32. The van der Waals surface area contributed by atoms with Gasteiger partial charge in [-0.25, -0.2) is 13.8 Å². The average Bonchev–Trinajstić information content (AvgIpc) is 3.37. The molecule has 0 bridgehead atoms. The fourth-order valence-electron chi connectivity index (χ4n) is 4.79. The van der Waals surface area contributed by atoms with Crippen molar-refractivity contribution >= 4 is 28.5 Å². The molecular weight excluding hydrogens is 442 g/mol. The van der Waals surface area contributed by atoms with Gasteiger partial charge in [-0.2, -0.15) is 0 Å². The number of nitrogens with zero attached hydrogens (tertiary/aromatic N) is 4. The van der Waals surface area contributed by atoms with E-state index in [-0.39, 0.29) is 41.5 Å². The van der Waals surface area contributed by atoms with Gasteiger partial charge in [-0.3, -0.25) is 9.59 Å². The van der Waals surface area contributed by atoms with Crippen molar-refractivity contribution in [2.75, 3.05) is 31.1 Å². The zero-order valence-corrected chi connectivity index (χ0v) is 19.2. The molecule has 2 aliphatic rings. The quantitative estimate of drug-likeness (QED) is 0.586. The number of carbonyl (C=O) groups is 2. The monoisotopic (exact) mass is 468 g/mol. The van der Waals surface area contributed by atoms with E-state index in [9.17, 15) is 9.59 Å². The van der Waals surface area contributed by atoms with Crippen LogP contribution in [0.25, 0.3) is 22.4 Å². The van der Waals surface area contributed by atoms with Gasteiger partial charge >= 0.3 is 0 Å². The topological polar surface area (TPSA) is 67.7 Å². The molecule has 9 heteroatoms. The van der Waals surface area contributed by atoms with Gasteiger partial charge in [0, 0.05) is 38.7 Å². The molecule has 2 amide bonds. The molecule has 0 aliphatic carbocycles. The van der Waals surface area contributed by atoms with Gasteiger partial charge in [-0.15, -0.1) is 0 Å². The van der Waals surface area contributed by atoms with Crippen LogP contribution in [0.5, 0.6) is 0 Å². The summed E-state index contributed by atoms with van der Waals surface area (Å²) in [5, 5.41) is 0. The first-order valence-electron chi connectivity index (χ1n) is 11.5. The third kappa shape index (κ3) is 4.04. The van der Waals surface area contributed by atoms with Crippen molar-refractivity contribution in [2.45, 2.75) is 39.3 Å². The Hall–Kier alpha value is -3.33. The van der Waals surface area contributed by atoms with Crippen LogP contribution in [0.2, 0.25) is 0 Å². The first-order chi connectivity index (χ1) is 16.3. The van der Waals surface area contributed by atoms with Crippen molar-refractivity contribution in [2.24, 2.45) is 0 Å². The van der Waals surface area contributed by atoms with Crippen molar-refractivity contribution in [1.82, 2.24) is 14.5 Å². The zero-order chi connectivity index (χ0) is 24.0. The van der Waals surface area contributed by atoms with Crippen LogP contribution in [0.4, 0.5) is 14.5 Å². The maximum Gasteiger partial charge on any atom is 0.227 e. The van der Waals surface area contributed by atoms with Gasteiger partial charge in [0.1, 0.15) is 17.5 Å². The highest BCUT2D eigenvalue weighted by atomic mass is 19.1. The second-order valence-corrected chi connectivity index (χ2v) is 8.93. The fourth-order valence-corrected chi connectivity index (χ4v) is 4.79. The Morgan fingerprint density at radius 3 is 2.62 bits per heavy atom. The summed E-state index contributed by atoms with van der Waals surface area (Å²) in [4.78, 5) is 31.6. The SMILES string of the molecule is CC(=O)N1CCO[C@@H](Cn2c(-c3c(F)cc(N4CCCC4=O)cc3F)nc3cc(C)ccc32)C1. The number of imidazole rings is 1. The molecule has 1 aromatic heterocycles. The predicted molar refractivity (Wildman–Crippen MR) is 123 cm³/mol. The number of halogens is 2. The van der Waals surface area contributed by atoms with E-state index in [0.29, 0.717) is 44.6 Å². The average molecular weight is 469 g/mol. The highest BCUT2D eigenvalue weighted by Gasteiger charge is 2.28. The summed E-state index contributed by atoms with van der Waals surface area (Å²) < 4.78 is 38.4. The Bertz CT molecular complexity index is 1270. The zero-order valence-electron chi connectivity index (χ0n) is 19.2. The number of morpholine rings is 1. The number of amides is 2. The molecule has 2 aromatic carbocycles. The molecule has 3 heterocycles. The Labute approximate surface area is 195 Å². The smallest absolute Gasteiger partial charge is 0.227 e. The molecule has 0 radical (unpaired) electrons. The van der Waals surface area contributed by atoms with Crippen molar-refractivity contribution in [1.29, 1.82) is 0 Å². The van der Waals surface area contributed by atoms with E-state index in [2.05, 4.69) is 4.98 Å². The molecule has 5 rings (SSSR count). The van der Waals surface area contributed by atoms with Crippen LogP contribution in [-0.2, 0) is 20.9 Å². The number of benzene rings is 2. The van der Waals surface area contributed by atoms with Crippen LogP contribution in [0.15, 0.2) is 30.3 Å². The minimum absolute atomic E-state index is 0.0382. The predicted octanol–water partition coefficient (Wildman–Crippen LogP) is 3.66. The van der Waals surface area contributed by atoms with Crippen molar-refractivity contribution in [3.05, 3.63) is 47.5 Å². The molecule has 2 fully saturated rings. The lowest BCUT2D eigenvalue weighted by molar-refractivity contribution is -0.136. The Morgan fingerprint density at radius 1 is 1.18 bits per heavy atom. The number of aromatic nitrogens is 2. The maximum atomic E-state index is 15.4. The number of carbonyl (C=O) groups excluding carboxylic acids is 2. The van der Waals surface area contributed by atoms with E-state index >= 15 is 8.78 Å². The summed E-state index contributed by atoms with van der Waals surface area (Å²) in [5.74, 6) is -1.59. The third-order valence-electron chi connectivity index (χ3n) is 6.51.